The summed E-state index contributed by atoms with van der Waals surface area (Å²) in [5.74, 6) is 0. The number of aliphatic hydroxyl groups is 1. The van der Waals surface area contributed by atoms with E-state index in [0.717, 1.165) is 19.3 Å². The van der Waals surface area contributed by atoms with Gasteiger partial charge in [0.25, 0.3) is 0 Å². The average molecular weight is 185 g/mol. The Kier molecular flexibility index (Phi) is 4.20. The molecule has 0 saturated heterocycles. The van der Waals surface area contributed by atoms with E-state index in [1.165, 1.54) is 32.1 Å². The van der Waals surface area contributed by atoms with Crippen LogP contribution in [0.2, 0.25) is 0 Å². The third-order valence-corrected chi connectivity index (χ3v) is 3.14. The normalized spacial score (nSPS) is 26.1. The molecule has 0 atom stereocenters. The fraction of sp³-hybridized carbons (Fsp3) is 1.00. The molecule has 78 valence electrons. The number of nitrogens with two attached hydrogens (primary N) is 1. The molecule has 0 aromatic carbocycles. The average Bonchev–Trinajstić information content (AvgIpc) is 2.87. The van der Waals surface area contributed by atoms with Crippen molar-refractivity contribution in [3.05, 3.63) is 0 Å². The number of rotatable bonds is 1. The van der Waals surface area contributed by atoms with Crippen LogP contribution < -0.4 is 5.73 Å². The van der Waals surface area contributed by atoms with Gasteiger partial charge in [-0.1, -0.05) is 26.2 Å². The maximum Gasteiger partial charge on any atom is 0.0647 e. The van der Waals surface area contributed by atoms with Crippen molar-refractivity contribution >= 4 is 0 Å². The van der Waals surface area contributed by atoms with Crippen LogP contribution in [0.3, 0.4) is 0 Å². The standard InChI is InChI=1S/C6H13N.C5H10O/c7-6-4-2-1-3-5-6;1-2-5(6)3-4-5/h6H,1-5,7H2;6H,2-4H2,1H3. The van der Waals surface area contributed by atoms with Gasteiger partial charge in [-0.2, -0.15) is 0 Å². The summed E-state index contributed by atoms with van der Waals surface area (Å²) in [6.07, 6.45) is 9.66. The van der Waals surface area contributed by atoms with E-state index in [1.54, 1.807) is 0 Å². The first-order valence-corrected chi connectivity index (χ1v) is 5.64. The van der Waals surface area contributed by atoms with Gasteiger partial charge in [0.2, 0.25) is 0 Å². The molecule has 0 spiro atoms. The largest absolute Gasteiger partial charge is 0.390 e. The van der Waals surface area contributed by atoms with Crippen LogP contribution in [-0.4, -0.2) is 16.7 Å². The first kappa shape index (κ1) is 11.0. The Balaban J connectivity index is 0.000000132. The fourth-order valence-electron chi connectivity index (χ4n) is 1.63. The molecule has 13 heavy (non-hydrogen) atoms. The van der Waals surface area contributed by atoms with Crippen LogP contribution in [-0.2, 0) is 0 Å². The zero-order chi connectivity index (χ0) is 9.73. The predicted molar refractivity (Wildman–Crippen MR) is 55.5 cm³/mol. The Labute approximate surface area is 81.5 Å². The summed E-state index contributed by atoms with van der Waals surface area (Å²) in [7, 11) is 0. The Hall–Kier alpha value is -0.0800. The molecule has 0 radical (unpaired) electrons. The van der Waals surface area contributed by atoms with Crippen LogP contribution in [0.5, 0.6) is 0 Å². The Morgan fingerprint density at radius 2 is 1.77 bits per heavy atom. The summed E-state index contributed by atoms with van der Waals surface area (Å²) in [4.78, 5) is 0. The quantitative estimate of drug-likeness (QED) is 0.658. The molecule has 0 heterocycles. The summed E-state index contributed by atoms with van der Waals surface area (Å²) in [6.45, 7) is 2.02. The lowest BCUT2D eigenvalue weighted by molar-refractivity contribution is 0.146. The summed E-state index contributed by atoms with van der Waals surface area (Å²) in [6, 6.07) is 0.536. The molecule has 2 rings (SSSR count). The second-order valence-corrected chi connectivity index (χ2v) is 4.48. The fourth-order valence-corrected chi connectivity index (χ4v) is 1.63. The van der Waals surface area contributed by atoms with Gasteiger partial charge in [-0.05, 0) is 32.1 Å². The zero-order valence-electron chi connectivity index (χ0n) is 8.76. The van der Waals surface area contributed by atoms with E-state index in [4.69, 9.17) is 10.8 Å². The van der Waals surface area contributed by atoms with Crippen LogP contribution in [0, 0.1) is 0 Å². The minimum absolute atomic E-state index is 0.208. The highest BCUT2D eigenvalue weighted by Gasteiger charge is 2.37. The second kappa shape index (κ2) is 4.97. The highest BCUT2D eigenvalue weighted by Crippen LogP contribution is 2.37. The molecule has 0 unspecified atom stereocenters. The summed E-state index contributed by atoms with van der Waals surface area (Å²) >= 11 is 0. The molecule has 0 aromatic heterocycles. The van der Waals surface area contributed by atoms with E-state index in [0.29, 0.717) is 6.04 Å². The maximum atomic E-state index is 8.94. The van der Waals surface area contributed by atoms with E-state index in [1.807, 2.05) is 6.92 Å². The van der Waals surface area contributed by atoms with Crippen LogP contribution in [0.15, 0.2) is 0 Å². The van der Waals surface area contributed by atoms with Crippen molar-refractivity contribution in [3.8, 4) is 0 Å². The van der Waals surface area contributed by atoms with Gasteiger partial charge in [0.15, 0.2) is 0 Å². The smallest absolute Gasteiger partial charge is 0.0647 e. The minimum Gasteiger partial charge on any atom is -0.390 e. The molecule has 2 aliphatic carbocycles. The summed E-state index contributed by atoms with van der Waals surface area (Å²) < 4.78 is 0. The van der Waals surface area contributed by atoms with Crippen molar-refractivity contribution < 1.29 is 5.11 Å². The van der Waals surface area contributed by atoms with E-state index in [-0.39, 0.29) is 5.60 Å². The van der Waals surface area contributed by atoms with Crippen molar-refractivity contribution in [2.45, 2.75) is 69.9 Å². The third kappa shape index (κ3) is 4.63. The molecule has 2 saturated carbocycles. The molecule has 0 aliphatic heterocycles. The second-order valence-electron chi connectivity index (χ2n) is 4.48. The van der Waals surface area contributed by atoms with Gasteiger partial charge in [-0.3, -0.25) is 0 Å². The number of hydrogen-bond acceptors (Lipinski definition) is 2. The molecular formula is C11H23NO. The third-order valence-electron chi connectivity index (χ3n) is 3.14. The summed E-state index contributed by atoms with van der Waals surface area (Å²) in [5.41, 5.74) is 5.43. The van der Waals surface area contributed by atoms with E-state index in [2.05, 4.69) is 0 Å². The molecule has 2 nitrogen and oxygen atoms in total. The van der Waals surface area contributed by atoms with Crippen LogP contribution in [0.1, 0.15) is 58.3 Å². The molecule has 2 heteroatoms. The lowest BCUT2D eigenvalue weighted by atomic mass is 9.97. The lowest BCUT2D eigenvalue weighted by Crippen LogP contribution is -2.22. The highest BCUT2D eigenvalue weighted by atomic mass is 16.3. The molecule has 0 amide bonds. The van der Waals surface area contributed by atoms with Crippen LogP contribution in [0.4, 0.5) is 0 Å². The van der Waals surface area contributed by atoms with E-state index in [9.17, 15) is 0 Å². The molecule has 2 aliphatic rings. The van der Waals surface area contributed by atoms with Crippen LogP contribution in [0.25, 0.3) is 0 Å². The van der Waals surface area contributed by atoms with Crippen molar-refractivity contribution in [3.63, 3.8) is 0 Å². The predicted octanol–water partition coefficient (Wildman–Crippen LogP) is 2.20. The number of hydrogen-bond donors (Lipinski definition) is 2. The van der Waals surface area contributed by atoms with Crippen molar-refractivity contribution in [2.24, 2.45) is 5.73 Å². The van der Waals surface area contributed by atoms with Crippen molar-refractivity contribution in [1.29, 1.82) is 0 Å². The zero-order valence-corrected chi connectivity index (χ0v) is 8.76. The van der Waals surface area contributed by atoms with Crippen molar-refractivity contribution in [1.82, 2.24) is 0 Å². The van der Waals surface area contributed by atoms with Gasteiger partial charge in [-0.25, -0.2) is 0 Å². The molecule has 0 aromatic rings. The first-order valence-electron chi connectivity index (χ1n) is 5.64. The Morgan fingerprint density at radius 1 is 1.23 bits per heavy atom. The highest BCUT2D eigenvalue weighted by molar-refractivity contribution is 4.91. The Morgan fingerprint density at radius 3 is 1.92 bits per heavy atom. The van der Waals surface area contributed by atoms with Gasteiger partial charge in [0.05, 0.1) is 5.60 Å². The van der Waals surface area contributed by atoms with E-state index < -0.39 is 0 Å². The van der Waals surface area contributed by atoms with Gasteiger partial charge in [0.1, 0.15) is 0 Å². The maximum absolute atomic E-state index is 8.94. The van der Waals surface area contributed by atoms with Gasteiger partial charge >= 0.3 is 0 Å². The van der Waals surface area contributed by atoms with Gasteiger partial charge < -0.3 is 10.8 Å². The molecule has 3 N–H and O–H groups in total. The minimum atomic E-state index is -0.208. The van der Waals surface area contributed by atoms with Gasteiger partial charge in [-0.15, -0.1) is 0 Å². The lowest BCUT2D eigenvalue weighted by Gasteiger charge is -2.15. The van der Waals surface area contributed by atoms with Crippen molar-refractivity contribution in [2.75, 3.05) is 0 Å². The first-order chi connectivity index (χ1) is 6.16. The molecule has 0 bridgehead atoms. The Bertz CT molecular complexity index is 137. The molecule has 2 fully saturated rings. The monoisotopic (exact) mass is 185 g/mol. The molecular weight excluding hydrogens is 162 g/mol. The van der Waals surface area contributed by atoms with E-state index >= 15 is 0 Å². The van der Waals surface area contributed by atoms with Crippen LogP contribution >= 0.6 is 0 Å². The summed E-state index contributed by atoms with van der Waals surface area (Å²) in [5, 5.41) is 8.94. The topological polar surface area (TPSA) is 46.2 Å². The SMILES string of the molecule is CCC1(O)CC1.NC1CCCCC1. The van der Waals surface area contributed by atoms with Gasteiger partial charge in [0, 0.05) is 6.04 Å².